The van der Waals surface area contributed by atoms with Gasteiger partial charge in [-0.3, -0.25) is 4.79 Å². The number of thiazole rings is 1. The quantitative estimate of drug-likeness (QED) is 0.781. The van der Waals surface area contributed by atoms with Crippen molar-refractivity contribution in [1.29, 1.82) is 0 Å². The maximum atomic E-state index is 12.0. The third kappa shape index (κ3) is 2.04. The van der Waals surface area contributed by atoms with Crippen LogP contribution in [-0.2, 0) is 4.79 Å². The summed E-state index contributed by atoms with van der Waals surface area (Å²) >= 11 is 1.15. The zero-order valence-corrected chi connectivity index (χ0v) is 10.6. The van der Waals surface area contributed by atoms with E-state index in [1.807, 2.05) is 24.3 Å². The van der Waals surface area contributed by atoms with Gasteiger partial charge in [0.1, 0.15) is 0 Å². The maximum Gasteiger partial charge on any atom is 0.231 e. The molecule has 94 valence electrons. The van der Waals surface area contributed by atoms with Gasteiger partial charge in [0.15, 0.2) is 10.9 Å². The first-order chi connectivity index (χ1) is 9.15. The van der Waals surface area contributed by atoms with E-state index in [0.29, 0.717) is 10.5 Å². The number of rotatable bonds is 1. The van der Waals surface area contributed by atoms with Crippen LogP contribution in [0.25, 0.3) is 17.7 Å². The van der Waals surface area contributed by atoms with E-state index in [2.05, 4.69) is 4.98 Å². The number of benzene rings is 1. The van der Waals surface area contributed by atoms with Gasteiger partial charge in [-0.05, 0) is 23.3 Å². The molecule has 0 spiro atoms. The molecule has 0 saturated heterocycles. The van der Waals surface area contributed by atoms with E-state index >= 15 is 0 Å². The molecule has 1 heterocycles. The molecule has 0 bridgehead atoms. The molecule has 1 aliphatic rings. The van der Waals surface area contributed by atoms with Crippen LogP contribution in [-0.4, -0.2) is 15.9 Å². The van der Waals surface area contributed by atoms with E-state index in [4.69, 9.17) is 5.73 Å². The van der Waals surface area contributed by atoms with Crippen molar-refractivity contribution in [2.24, 2.45) is 0 Å². The van der Waals surface area contributed by atoms with E-state index in [0.717, 1.165) is 22.5 Å². The summed E-state index contributed by atoms with van der Waals surface area (Å²) in [6.45, 7) is 0. The van der Waals surface area contributed by atoms with E-state index in [-0.39, 0.29) is 16.8 Å². The number of aromatic nitrogens is 1. The number of hydrogen-bond donors (Lipinski definition) is 2. The molecule has 1 aromatic heterocycles. The van der Waals surface area contributed by atoms with E-state index < -0.39 is 0 Å². The molecule has 0 aliphatic heterocycles. The second-order valence-electron chi connectivity index (χ2n) is 4.08. The standard InChI is InChI=1S/C14H10N2O2S/c15-14-16-13(18)12(19-14)7-10-9-4-2-1-3-8(9)5-6-11(10)17/h1-7,18H,(H2,15,16). The highest BCUT2D eigenvalue weighted by molar-refractivity contribution is 7.16. The number of hydrogen-bond acceptors (Lipinski definition) is 5. The van der Waals surface area contributed by atoms with Gasteiger partial charge in [-0.1, -0.05) is 41.7 Å². The largest absolute Gasteiger partial charge is 0.492 e. The molecule has 0 amide bonds. The molecule has 0 unspecified atom stereocenters. The minimum atomic E-state index is -0.144. The van der Waals surface area contributed by atoms with Crippen molar-refractivity contribution in [3.05, 3.63) is 46.3 Å². The Bertz CT molecular complexity index is 729. The van der Waals surface area contributed by atoms with E-state index in [1.165, 1.54) is 6.08 Å². The summed E-state index contributed by atoms with van der Waals surface area (Å²) in [6, 6.07) is 7.61. The molecule has 5 heteroatoms. The Morgan fingerprint density at radius 2 is 2.05 bits per heavy atom. The van der Waals surface area contributed by atoms with Crippen LogP contribution < -0.4 is 5.73 Å². The predicted octanol–water partition coefficient (Wildman–Crippen LogP) is 2.57. The normalized spacial score (nSPS) is 15.8. The highest BCUT2D eigenvalue weighted by Gasteiger charge is 2.18. The highest BCUT2D eigenvalue weighted by atomic mass is 32.1. The van der Waals surface area contributed by atoms with Crippen molar-refractivity contribution in [3.8, 4) is 5.88 Å². The molecule has 0 atom stereocenters. The first-order valence-electron chi connectivity index (χ1n) is 5.64. The second-order valence-corrected chi connectivity index (χ2v) is 5.15. The lowest BCUT2D eigenvalue weighted by atomic mass is 9.91. The lowest BCUT2D eigenvalue weighted by molar-refractivity contribution is -0.109. The SMILES string of the molecule is Nc1nc(O)c(C=C2C(=O)C=Cc3ccccc32)s1. The number of nitrogens with two attached hydrogens (primary N) is 1. The minimum absolute atomic E-state index is 0.0925. The van der Waals surface area contributed by atoms with Crippen LogP contribution in [0.4, 0.5) is 5.13 Å². The number of nitrogen functional groups attached to an aromatic ring is 1. The van der Waals surface area contributed by atoms with Crippen LogP contribution in [0.1, 0.15) is 16.0 Å². The van der Waals surface area contributed by atoms with Crippen molar-refractivity contribution >= 4 is 40.0 Å². The second kappa shape index (κ2) is 4.37. The fraction of sp³-hybridized carbons (Fsp3) is 0. The summed E-state index contributed by atoms with van der Waals surface area (Å²) < 4.78 is 0. The summed E-state index contributed by atoms with van der Waals surface area (Å²) in [6.07, 6.45) is 4.94. The number of nitrogens with zero attached hydrogens (tertiary/aromatic N) is 1. The molecule has 0 saturated carbocycles. The summed E-state index contributed by atoms with van der Waals surface area (Å²) in [5.41, 5.74) is 7.90. The van der Waals surface area contributed by atoms with Crippen molar-refractivity contribution in [2.75, 3.05) is 5.73 Å². The highest BCUT2D eigenvalue weighted by Crippen LogP contribution is 2.33. The number of anilines is 1. The van der Waals surface area contributed by atoms with Gasteiger partial charge in [-0.25, -0.2) is 0 Å². The van der Waals surface area contributed by atoms with Crippen LogP contribution in [0.15, 0.2) is 30.3 Å². The number of fused-ring (bicyclic) bond motifs is 1. The molecular weight excluding hydrogens is 260 g/mol. The van der Waals surface area contributed by atoms with Gasteiger partial charge in [0.25, 0.3) is 0 Å². The number of ketones is 1. The molecule has 3 rings (SSSR count). The van der Waals surface area contributed by atoms with Gasteiger partial charge < -0.3 is 10.8 Å². The average molecular weight is 270 g/mol. The molecule has 4 nitrogen and oxygen atoms in total. The Hall–Kier alpha value is -2.40. The first kappa shape index (κ1) is 11.7. The van der Waals surface area contributed by atoms with Crippen LogP contribution in [0.5, 0.6) is 5.88 Å². The smallest absolute Gasteiger partial charge is 0.231 e. The monoisotopic (exact) mass is 270 g/mol. The Morgan fingerprint density at radius 3 is 2.79 bits per heavy atom. The lowest BCUT2D eigenvalue weighted by Crippen LogP contribution is -2.04. The van der Waals surface area contributed by atoms with Gasteiger partial charge in [-0.15, -0.1) is 0 Å². The van der Waals surface area contributed by atoms with E-state index in [9.17, 15) is 9.90 Å². The molecule has 1 aliphatic carbocycles. The van der Waals surface area contributed by atoms with Crippen molar-refractivity contribution < 1.29 is 9.90 Å². The number of aromatic hydroxyl groups is 1. The molecule has 19 heavy (non-hydrogen) atoms. The zero-order chi connectivity index (χ0) is 13.4. The van der Waals surface area contributed by atoms with Crippen LogP contribution in [0, 0.1) is 0 Å². The van der Waals surface area contributed by atoms with Crippen molar-refractivity contribution in [3.63, 3.8) is 0 Å². The molecule has 3 N–H and O–H groups in total. The van der Waals surface area contributed by atoms with Crippen molar-refractivity contribution in [2.45, 2.75) is 0 Å². The summed E-state index contributed by atoms with van der Waals surface area (Å²) in [7, 11) is 0. The zero-order valence-electron chi connectivity index (χ0n) is 9.83. The van der Waals surface area contributed by atoms with Gasteiger partial charge in [0, 0.05) is 5.57 Å². The number of carbonyl (C=O) groups is 1. The van der Waals surface area contributed by atoms with E-state index in [1.54, 1.807) is 12.2 Å². The fourth-order valence-corrected chi connectivity index (χ4v) is 2.66. The Balaban J connectivity index is 2.16. The van der Waals surface area contributed by atoms with Gasteiger partial charge in [0.05, 0.1) is 4.88 Å². The average Bonchev–Trinajstić information content (AvgIpc) is 2.71. The minimum Gasteiger partial charge on any atom is -0.492 e. The molecule has 0 fully saturated rings. The third-order valence-electron chi connectivity index (χ3n) is 2.86. The molecular formula is C14H10N2O2S. The Kier molecular flexibility index (Phi) is 2.68. The molecule has 1 aromatic carbocycles. The summed E-state index contributed by atoms with van der Waals surface area (Å²) in [5.74, 6) is -0.236. The fourth-order valence-electron chi connectivity index (χ4n) is 1.99. The maximum absolute atomic E-state index is 12.0. The van der Waals surface area contributed by atoms with Crippen LogP contribution in [0.3, 0.4) is 0 Å². The molecule has 2 aromatic rings. The third-order valence-corrected chi connectivity index (χ3v) is 3.68. The van der Waals surface area contributed by atoms with Crippen LogP contribution in [0.2, 0.25) is 0 Å². The number of carbonyl (C=O) groups excluding carboxylic acids is 1. The van der Waals surface area contributed by atoms with Gasteiger partial charge in [-0.2, -0.15) is 4.98 Å². The van der Waals surface area contributed by atoms with Crippen molar-refractivity contribution in [1.82, 2.24) is 4.98 Å². The number of allylic oxidation sites excluding steroid dienone is 2. The Morgan fingerprint density at radius 1 is 1.26 bits per heavy atom. The van der Waals surface area contributed by atoms with Gasteiger partial charge >= 0.3 is 0 Å². The summed E-state index contributed by atoms with van der Waals surface area (Å²) in [4.78, 5) is 16.2. The Labute approximate surface area is 113 Å². The topological polar surface area (TPSA) is 76.2 Å². The summed E-state index contributed by atoms with van der Waals surface area (Å²) in [5, 5.41) is 9.92. The first-order valence-corrected chi connectivity index (χ1v) is 6.45. The molecule has 0 radical (unpaired) electrons. The van der Waals surface area contributed by atoms with Gasteiger partial charge in [0.2, 0.25) is 5.88 Å². The van der Waals surface area contributed by atoms with Crippen LogP contribution >= 0.6 is 11.3 Å². The lowest BCUT2D eigenvalue weighted by Gasteiger charge is -2.12. The predicted molar refractivity (Wildman–Crippen MR) is 76.5 cm³/mol.